The number of nitrogens with one attached hydrogen (secondary N) is 1. The van der Waals surface area contributed by atoms with Gasteiger partial charge in [-0.25, -0.2) is 4.79 Å². The zero-order valence-electron chi connectivity index (χ0n) is 10.3. The molecule has 3 nitrogen and oxygen atoms in total. The molecule has 1 aliphatic carbocycles. The van der Waals surface area contributed by atoms with Gasteiger partial charge in [0.2, 0.25) is 0 Å². The number of carbonyl (C=O) groups excluding carboxylic acids is 1. The van der Waals surface area contributed by atoms with Crippen molar-refractivity contribution in [2.24, 2.45) is 16.7 Å². The molecule has 0 radical (unpaired) electrons. The van der Waals surface area contributed by atoms with E-state index in [4.69, 9.17) is 0 Å². The van der Waals surface area contributed by atoms with Crippen molar-refractivity contribution < 1.29 is 9.53 Å². The maximum atomic E-state index is 10.8. The van der Waals surface area contributed by atoms with Crippen molar-refractivity contribution in [3.05, 3.63) is 12.3 Å². The Labute approximate surface area is 91.9 Å². The molecule has 0 heterocycles. The molecule has 0 bridgehead atoms. The van der Waals surface area contributed by atoms with Gasteiger partial charge in [0, 0.05) is 18.8 Å². The zero-order valence-corrected chi connectivity index (χ0v) is 10.3. The van der Waals surface area contributed by atoms with Gasteiger partial charge in [0.25, 0.3) is 0 Å². The molecule has 0 aromatic carbocycles. The van der Waals surface area contributed by atoms with Crippen LogP contribution in [0.15, 0.2) is 12.3 Å². The van der Waals surface area contributed by atoms with Gasteiger partial charge in [-0.1, -0.05) is 27.7 Å². The maximum Gasteiger partial charge on any atom is 0.331 e. The zero-order chi connectivity index (χ0) is 11.7. The highest BCUT2D eigenvalue weighted by Crippen LogP contribution is 2.67. The lowest BCUT2D eigenvalue weighted by molar-refractivity contribution is -0.134. The number of esters is 1. The minimum Gasteiger partial charge on any atom is -0.466 e. The summed E-state index contributed by atoms with van der Waals surface area (Å²) in [7, 11) is 1.37. The van der Waals surface area contributed by atoms with Gasteiger partial charge in [-0.05, 0) is 16.7 Å². The number of ether oxygens (including phenoxy) is 1. The van der Waals surface area contributed by atoms with Crippen LogP contribution in [-0.2, 0) is 9.53 Å². The molecule has 0 atom stereocenters. The Kier molecular flexibility index (Phi) is 3.12. The van der Waals surface area contributed by atoms with Crippen molar-refractivity contribution in [1.29, 1.82) is 0 Å². The lowest BCUT2D eigenvalue weighted by Crippen LogP contribution is -2.13. The van der Waals surface area contributed by atoms with Crippen molar-refractivity contribution in [2.75, 3.05) is 13.7 Å². The standard InChI is InChI=1S/C12H21NO2/c1-11(2)9(12(11,3)4)8-13-7-6-10(14)15-5/h6-7,9,13H,8H2,1-5H3/b7-6+. The van der Waals surface area contributed by atoms with E-state index in [9.17, 15) is 4.79 Å². The first kappa shape index (κ1) is 12.1. The Morgan fingerprint density at radius 3 is 2.27 bits per heavy atom. The van der Waals surface area contributed by atoms with E-state index in [2.05, 4.69) is 37.7 Å². The molecule has 0 saturated heterocycles. The largest absolute Gasteiger partial charge is 0.466 e. The number of methoxy groups -OCH3 is 1. The molecule has 0 unspecified atom stereocenters. The first-order valence-electron chi connectivity index (χ1n) is 5.32. The van der Waals surface area contributed by atoms with Gasteiger partial charge in [0.1, 0.15) is 0 Å². The third-order valence-corrected chi connectivity index (χ3v) is 4.18. The van der Waals surface area contributed by atoms with Gasteiger partial charge >= 0.3 is 5.97 Å². The van der Waals surface area contributed by atoms with Crippen LogP contribution in [0, 0.1) is 16.7 Å². The van der Waals surface area contributed by atoms with Gasteiger partial charge in [-0.3, -0.25) is 0 Å². The van der Waals surface area contributed by atoms with Crippen LogP contribution in [0.2, 0.25) is 0 Å². The van der Waals surface area contributed by atoms with Gasteiger partial charge in [-0.2, -0.15) is 0 Å². The quantitative estimate of drug-likeness (QED) is 0.570. The molecule has 0 aliphatic heterocycles. The molecule has 0 aromatic heterocycles. The Balaban J connectivity index is 2.30. The molecular weight excluding hydrogens is 190 g/mol. The van der Waals surface area contributed by atoms with Crippen LogP contribution in [0.3, 0.4) is 0 Å². The van der Waals surface area contributed by atoms with E-state index >= 15 is 0 Å². The SMILES string of the molecule is COC(=O)/C=C/NCC1C(C)(C)C1(C)C. The summed E-state index contributed by atoms with van der Waals surface area (Å²) < 4.78 is 4.49. The van der Waals surface area contributed by atoms with E-state index < -0.39 is 0 Å². The van der Waals surface area contributed by atoms with E-state index in [-0.39, 0.29) is 5.97 Å². The monoisotopic (exact) mass is 211 g/mol. The summed E-state index contributed by atoms with van der Waals surface area (Å²) in [6.45, 7) is 10.0. The van der Waals surface area contributed by atoms with Crippen LogP contribution in [-0.4, -0.2) is 19.6 Å². The number of hydrogen-bond donors (Lipinski definition) is 1. The summed E-state index contributed by atoms with van der Waals surface area (Å²) in [5.74, 6) is 0.337. The minimum absolute atomic E-state index is 0.322. The van der Waals surface area contributed by atoms with E-state index in [0.29, 0.717) is 16.7 Å². The fraction of sp³-hybridized carbons (Fsp3) is 0.750. The Morgan fingerprint density at radius 1 is 1.33 bits per heavy atom. The summed E-state index contributed by atoms with van der Waals surface area (Å²) in [6.07, 6.45) is 3.07. The molecule has 3 heteroatoms. The third-order valence-electron chi connectivity index (χ3n) is 4.18. The number of hydrogen-bond acceptors (Lipinski definition) is 3. The summed E-state index contributed by atoms with van der Waals surface area (Å²) in [4.78, 5) is 10.8. The first-order chi connectivity index (χ1) is 6.84. The van der Waals surface area contributed by atoms with Gasteiger partial charge in [0.05, 0.1) is 7.11 Å². The predicted octanol–water partition coefficient (Wildman–Crippen LogP) is 1.94. The van der Waals surface area contributed by atoms with E-state index in [1.165, 1.54) is 13.2 Å². The summed E-state index contributed by atoms with van der Waals surface area (Å²) in [6, 6.07) is 0. The van der Waals surface area contributed by atoms with Crippen LogP contribution in [0.5, 0.6) is 0 Å². The lowest BCUT2D eigenvalue weighted by Gasteiger charge is -2.04. The first-order valence-corrected chi connectivity index (χ1v) is 5.32. The number of rotatable bonds is 4. The molecule has 86 valence electrons. The Morgan fingerprint density at radius 2 is 1.87 bits per heavy atom. The number of carbonyl (C=O) groups is 1. The third kappa shape index (κ3) is 2.16. The Hall–Kier alpha value is -0.990. The van der Waals surface area contributed by atoms with Crippen molar-refractivity contribution in [3.63, 3.8) is 0 Å². The van der Waals surface area contributed by atoms with Crippen LogP contribution >= 0.6 is 0 Å². The second-order valence-electron chi connectivity index (χ2n) is 5.26. The maximum absolute atomic E-state index is 10.8. The van der Waals surface area contributed by atoms with Crippen LogP contribution < -0.4 is 5.32 Å². The molecule has 1 fully saturated rings. The van der Waals surface area contributed by atoms with E-state index in [0.717, 1.165) is 6.54 Å². The predicted molar refractivity (Wildman–Crippen MR) is 60.2 cm³/mol. The second kappa shape index (κ2) is 3.87. The average Bonchev–Trinajstić information content (AvgIpc) is 2.53. The molecule has 15 heavy (non-hydrogen) atoms. The van der Waals surface area contributed by atoms with Crippen molar-refractivity contribution in [1.82, 2.24) is 5.32 Å². The fourth-order valence-corrected chi connectivity index (χ4v) is 2.22. The normalized spacial score (nSPS) is 22.7. The molecule has 0 aromatic rings. The highest BCUT2D eigenvalue weighted by molar-refractivity contribution is 5.81. The fourth-order valence-electron chi connectivity index (χ4n) is 2.22. The smallest absolute Gasteiger partial charge is 0.331 e. The van der Waals surface area contributed by atoms with E-state index in [1.54, 1.807) is 6.20 Å². The highest BCUT2D eigenvalue weighted by atomic mass is 16.5. The van der Waals surface area contributed by atoms with Gasteiger partial charge in [0.15, 0.2) is 0 Å². The van der Waals surface area contributed by atoms with Crippen LogP contribution in [0.25, 0.3) is 0 Å². The topological polar surface area (TPSA) is 38.3 Å². The molecular formula is C12H21NO2. The van der Waals surface area contributed by atoms with Crippen LogP contribution in [0.4, 0.5) is 0 Å². The molecule has 1 aliphatic rings. The van der Waals surface area contributed by atoms with Crippen molar-refractivity contribution >= 4 is 5.97 Å². The lowest BCUT2D eigenvalue weighted by atomic mass is 10.0. The second-order valence-corrected chi connectivity index (χ2v) is 5.26. The minimum atomic E-state index is -0.322. The van der Waals surface area contributed by atoms with Gasteiger partial charge in [-0.15, -0.1) is 0 Å². The molecule has 1 N–H and O–H groups in total. The van der Waals surface area contributed by atoms with Crippen molar-refractivity contribution in [2.45, 2.75) is 27.7 Å². The summed E-state index contributed by atoms with van der Waals surface area (Å²) in [5, 5.41) is 3.14. The molecule has 1 rings (SSSR count). The van der Waals surface area contributed by atoms with Crippen LogP contribution in [0.1, 0.15) is 27.7 Å². The molecule has 0 amide bonds. The summed E-state index contributed by atoms with van der Waals surface area (Å²) >= 11 is 0. The van der Waals surface area contributed by atoms with E-state index in [1.807, 2.05) is 0 Å². The molecule has 1 saturated carbocycles. The Bertz CT molecular complexity index is 265. The van der Waals surface area contributed by atoms with Crippen molar-refractivity contribution in [3.8, 4) is 0 Å². The average molecular weight is 211 g/mol. The molecule has 0 spiro atoms. The summed E-state index contributed by atoms with van der Waals surface area (Å²) in [5.41, 5.74) is 0.776. The highest BCUT2D eigenvalue weighted by Gasteiger charge is 2.63. The van der Waals surface area contributed by atoms with Gasteiger partial charge < -0.3 is 10.1 Å².